The van der Waals surface area contributed by atoms with Crippen LogP contribution in [0.3, 0.4) is 0 Å². The van der Waals surface area contributed by atoms with Crippen LogP contribution in [0, 0.1) is 5.82 Å². The van der Waals surface area contributed by atoms with Crippen molar-refractivity contribution in [3.8, 4) is 11.6 Å². The fourth-order valence-corrected chi connectivity index (χ4v) is 2.77. The zero-order valence-corrected chi connectivity index (χ0v) is 15.4. The summed E-state index contributed by atoms with van der Waals surface area (Å²) in [5.41, 5.74) is -2.17. The molecule has 0 radical (unpaired) electrons. The molecule has 0 bridgehead atoms. The van der Waals surface area contributed by atoms with E-state index in [4.69, 9.17) is 16.3 Å². The largest absolute Gasteiger partial charge is 0.439 e. The van der Waals surface area contributed by atoms with Crippen LogP contribution in [0.5, 0.6) is 11.6 Å². The quantitative estimate of drug-likeness (QED) is 0.415. The van der Waals surface area contributed by atoms with Crippen LogP contribution in [-0.4, -0.2) is 9.97 Å². The van der Waals surface area contributed by atoms with Gasteiger partial charge in [-0.3, -0.25) is 0 Å². The van der Waals surface area contributed by atoms with Crippen molar-refractivity contribution in [2.45, 2.75) is 18.8 Å². The Labute approximate surface area is 170 Å². The van der Waals surface area contributed by atoms with Crippen LogP contribution in [-0.2, 0) is 18.8 Å². The first-order valence-electron chi connectivity index (χ1n) is 8.14. The molecule has 30 heavy (non-hydrogen) atoms. The van der Waals surface area contributed by atoms with Gasteiger partial charge in [0.05, 0.1) is 21.8 Å². The Morgan fingerprint density at radius 2 is 1.53 bits per heavy atom. The van der Waals surface area contributed by atoms with Crippen LogP contribution in [0.15, 0.2) is 48.8 Å². The molecule has 0 atom stereocenters. The molecule has 0 fully saturated rings. The summed E-state index contributed by atoms with van der Waals surface area (Å²) in [4.78, 5) is 7.67. The van der Waals surface area contributed by atoms with E-state index < -0.39 is 34.3 Å². The molecule has 3 aromatic rings. The number of hydrogen-bond acceptors (Lipinski definition) is 3. The summed E-state index contributed by atoms with van der Waals surface area (Å²) in [5.74, 6) is -1.73. The highest BCUT2D eigenvalue weighted by atomic mass is 35.5. The van der Waals surface area contributed by atoms with E-state index in [1.54, 1.807) is 0 Å². The van der Waals surface area contributed by atoms with Crippen molar-refractivity contribution in [2.75, 3.05) is 0 Å². The van der Waals surface area contributed by atoms with Crippen LogP contribution in [0.1, 0.15) is 22.4 Å². The van der Waals surface area contributed by atoms with E-state index in [0.717, 1.165) is 12.4 Å². The maximum absolute atomic E-state index is 13.4. The molecule has 2 aromatic carbocycles. The molecule has 158 valence electrons. The summed E-state index contributed by atoms with van der Waals surface area (Å²) < 4.78 is 96.1. The molecular formula is C19H10ClF7N2O. The molecule has 1 heterocycles. The maximum atomic E-state index is 13.4. The third-order valence-corrected chi connectivity index (χ3v) is 4.22. The van der Waals surface area contributed by atoms with Crippen molar-refractivity contribution in [1.82, 2.24) is 9.97 Å². The molecule has 3 rings (SSSR count). The van der Waals surface area contributed by atoms with E-state index in [9.17, 15) is 30.7 Å². The zero-order valence-electron chi connectivity index (χ0n) is 14.7. The zero-order chi connectivity index (χ0) is 22.1. The third-order valence-electron chi connectivity index (χ3n) is 3.89. The Morgan fingerprint density at radius 3 is 2.20 bits per heavy atom. The first kappa shape index (κ1) is 21.8. The van der Waals surface area contributed by atoms with Crippen molar-refractivity contribution in [3.63, 3.8) is 0 Å². The number of halogens is 8. The van der Waals surface area contributed by atoms with Crippen molar-refractivity contribution < 1.29 is 35.5 Å². The third kappa shape index (κ3) is 5.18. The van der Waals surface area contributed by atoms with Gasteiger partial charge in [-0.1, -0.05) is 17.7 Å². The van der Waals surface area contributed by atoms with Crippen molar-refractivity contribution in [3.05, 3.63) is 82.0 Å². The first-order valence-corrected chi connectivity index (χ1v) is 8.52. The van der Waals surface area contributed by atoms with Crippen molar-refractivity contribution in [2.24, 2.45) is 0 Å². The van der Waals surface area contributed by atoms with Gasteiger partial charge in [0.25, 0.3) is 0 Å². The van der Waals surface area contributed by atoms with Crippen LogP contribution < -0.4 is 4.74 Å². The highest BCUT2D eigenvalue weighted by molar-refractivity contribution is 6.31. The second-order valence-electron chi connectivity index (χ2n) is 6.08. The minimum atomic E-state index is -4.86. The Bertz CT molecular complexity index is 987. The van der Waals surface area contributed by atoms with Gasteiger partial charge in [0.2, 0.25) is 5.88 Å². The second kappa shape index (κ2) is 8.10. The number of nitrogens with zero attached hydrogens (tertiary/aromatic N) is 2. The Morgan fingerprint density at radius 1 is 0.833 bits per heavy atom. The molecule has 3 nitrogen and oxygen atoms in total. The van der Waals surface area contributed by atoms with Gasteiger partial charge >= 0.3 is 12.4 Å². The summed E-state index contributed by atoms with van der Waals surface area (Å²) >= 11 is 5.55. The number of benzene rings is 2. The van der Waals surface area contributed by atoms with Crippen LogP contribution >= 0.6 is 11.6 Å². The molecule has 0 N–H and O–H groups in total. The van der Waals surface area contributed by atoms with E-state index in [0.29, 0.717) is 18.2 Å². The highest BCUT2D eigenvalue weighted by Gasteiger charge is 2.34. The molecule has 0 unspecified atom stereocenters. The number of ether oxygens (including phenoxy) is 1. The SMILES string of the molecule is Fc1ccc(Cc2cc(Oc3ccc(Cl)c(C(F)(F)F)c3)ncn2)cc1C(F)(F)F. The number of hydrogen-bond donors (Lipinski definition) is 0. The Hall–Kier alpha value is -2.88. The standard InChI is InChI=1S/C19H10ClF7N2O/c20-15-3-2-12(8-13(15)18(22,23)24)30-17-7-11(28-9-29-17)5-10-1-4-16(21)14(6-10)19(25,26)27/h1-4,6-9H,5H2. The predicted molar refractivity (Wildman–Crippen MR) is 92.8 cm³/mol. The fourth-order valence-electron chi connectivity index (χ4n) is 2.54. The molecule has 0 spiro atoms. The highest BCUT2D eigenvalue weighted by Crippen LogP contribution is 2.37. The molecule has 0 amide bonds. The van der Waals surface area contributed by atoms with E-state index in [1.165, 1.54) is 18.2 Å². The average Bonchev–Trinajstić information content (AvgIpc) is 2.63. The van der Waals surface area contributed by atoms with Gasteiger partial charge in [-0.25, -0.2) is 14.4 Å². The van der Waals surface area contributed by atoms with Gasteiger partial charge in [-0.05, 0) is 35.9 Å². The van der Waals surface area contributed by atoms with E-state index in [2.05, 4.69) is 9.97 Å². The normalized spacial score (nSPS) is 12.1. The monoisotopic (exact) mass is 450 g/mol. The lowest BCUT2D eigenvalue weighted by atomic mass is 10.1. The molecule has 0 aliphatic carbocycles. The van der Waals surface area contributed by atoms with Crippen LogP contribution in [0.2, 0.25) is 5.02 Å². The van der Waals surface area contributed by atoms with Gasteiger partial charge in [0.1, 0.15) is 17.9 Å². The molecule has 0 aliphatic rings. The molecule has 0 saturated heterocycles. The number of alkyl halides is 6. The van der Waals surface area contributed by atoms with Crippen LogP contribution in [0.4, 0.5) is 30.7 Å². The Kier molecular flexibility index (Phi) is 5.89. The summed E-state index contributed by atoms with van der Waals surface area (Å²) in [6, 6.07) is 6.68. The summed E-state index contributed by atoms with van der Waals surface area (Å²) in [7, 11) is 0. The van der Waals surface area contributed by atoms with E-state index in [-0.39, 0.29) is 29.3 Å². The molecule has 0 saturated carbocycles. The molecule has 0 aliphatic heterocycles. The van der Waals surface area contributed by atoms with Gasteiger partial charge in [0.15, 0.2) is 0 Å². The van der Waals surface area contributed by atoms with E-state index >= 15 is 0 Å². The molecular weight excluding hydrogens is 441 g/mol. The number of rotatable bonds is 4. The van der Waals surface area contributed by atoms with Gasteiger partial charge in [0, 0.05) is 12.5 Å². The second-order valence-corrected chi connectivity index (χ2v) is 6.48. The summed E-state index contributed by atoms with van der Waals surface area (Å²) in [6.45, 7) is 0. The van der Waals surface area contributed by atoms with E-state index in [1.807, 2.05) is 0 Å². The predicted octanol–water partition coefficient (Wildman–Crippen LogP) is 6.69. The lowest BCUT2D eigenvalue weighted by molar-refractivity contribution is -0.140. The summed E-state index contributed by atoms with van der Waals surface area (Å²) in [5, 5.41) is -0.505. The van der Waals surface area contributed by atoms with Gasteiger partial charge in [-0.2, -0.15) is 26.3 Å². The minimum absolute atomic E-state index is 0.114. The minimum Gasteiger partial charge on any atom is -0.439 e. The van der Waals surface area contributed by atoms with Crippen molar-refractivity contribution in [1.29, 1.82) is 0 Å². The summed E-state index contributed by atoms with van der Waals surface area (Å²) in [6.07, 6.45) is -8.62. The van der Waals surface area contributed by atoms with Gasteiger partial charge < -0.3 is 4.74 Å². The Balaban J connectivity index is 1.83. The van der Waals surface area contributed by atoms with Crippen LogP contribution in [0.25, 0.3) is 0 Å². The smallest absolute Gasteiger partial charge is 0.419 e. The molecule has 1 aromatic heterocycles. The average molecular weight is 451 g/mol. The number of aromatic nitrogens is 2. The molecule has 11 heteroatoms. The van der Waals surface area contributed by atoms with Gasteiger partial charge in [-0.15, -0.1) is 0 Å². The maximum Gasteiger partial charge on any atom is 0.419 e. The fraction of sp³-hybridized carbons (Fsp3) is 0.158. The topological polar surface area (TPSA) is 35.0 Å². The first-order chi connectivity index (χ1) is 13.9. The lowest BCUT2D eigenvalue weighted by Gasteiger charge is -2.12. The lowest BCUT2D eigenvalue weighted by Crippen LogP contribution is -2.09. The van der Waals surface area contributed by atoms with Crippen molar-refractivity contribution >= 4 is 11.6 Å².